The fourth-order valence-electron chi connectivity index (χ4n) is 1.01. The van der Waals surface area contributed by atoms with Gasteiger partial charge in [-0.05, 0) is 13.3 Å². The number of Topliss-reactive ketones (excluding diaryl/α,β-unsaturated/α-hetero) is 1. The molecule has 0 bridgehead atoms. The molecule has 0 N–H and O–H groups in total. The van der Waals surface area contributed by atoms with E-state index in [9.17, 15) is 4.79 Å². The molecule has 0 aliphatic rings. The van der Waals surface area contributed by atoms with Gasteiger partial charge in [0.15, 0.2) is 5.78 Å². The smallest absolute Gasteiger partial charge is 0.164 e. The van der Waals surface area contributed by atoms with Crippen molar-refractivity contribution in [3.05, 3.63) is 22.7 Å². The van der Waals surface area contributed by atoms with Gasteiger partial charge in [-0.3, -0.25) is 4.79 Å². The van der Waals surface area contributed by atoms with Crippen molar-refractivity contribution in [3.8, 4) is 0 Å². The molecule has 0 saturated heterocycles. The highest BCUT2D eigenvalue weighted by atomic mass is 35.5. The summed E-state index contributed by atoms with van der Waals surface area (Å²) in [6.45, 7) is 3.38. The van der Waals surface area contributed by atoms with Crippen molar-refractivity contribution in [1.82, 2.24) is 9.97 Å². The zero-order valence-corrected chi connectivity index (χ0v) is 7.72. The van der Waals surface area contributed by atoms with Gasteiger partial charge >= 0.3 is 0 Å². The molecule has 0 aliphatic heterocycles. The van der Waals surface area contributed by atoms with Crippen molar-refractivity contribution in [1.29, 1.82) is 0 Å². The van der Waals surface area contributed by atoms with Crippen LogP contribution in [0.1, 0.15) is 29.9 Å². The number of nitrogens with zero attached hydrogens (tertiary/aromatic N) is 2. The number of ketones is 1. The molecular formula is C8H9ClN2O. The number of carbonyl (C=O) groups is 1. The SMILES string of the molecule is CCc1ncnc(Cl)c1C(C)=O. The molecule has 0 spiro atoms. The second-order valence-corrected chi connectivity index (χ2v) is 2.75. The van der Waals surface area contributed by atoms with Gasteiger partial charge in [-0.1, -0.05) is 18.5 Å². The van der Waals surface area contributed by atoms with Crippen LogP contribution < -0.4 is 0 Å². The van der Waals surface area contributed by atoms with Gasteiger partial charge in [0.1, 0.15) is 11.5 Å². The van der Waals surface area contributed by atoms with Crippen LogP contribution in [0.5, 0.6) is 0 Å². The Hall–Kier alpha value is -0.960. The first-order valence-corrected chi connectivity index (χ1v) is 4.05. The number of hydrogen-bond donors (Lipinski definition) is 0. The number of carbonyl (C=O) groups excluding carboxylic acids is 1. The summed E-state index contributed by atoms with van der Waals surface area (Å²) in [6.07, 6.45) is 2.06. The first-order chi connectivity index (χ1) is 5.66. The topological polar surface area (TPSA) is 42.9 Å². The Morgan fingerprint density at radius 1 is 1.58 bits per heavy atom. The first-order valence-electron chi connectivity index (χ1n) is 3.67. The maximum absolute atomic E-state index is 11.1. The van der Waals surface area contributed by atoms with Crippen LogP contribution in [0.2, 0.25) is 5.15 Å². The highest BCUT2D eigenvalue weighted by molar-refractivity contribution is 6.32. The Morgan fingerprint density at radius 3 is 2.67 bits per heavy atom. The highest BCUT2D eigenvalue weighted by Gasteiger charge is 2.11. The summed E-state index contributed by atoms with van der Waals surface area (Å²) in [5.74, 6) is -0.0857. The second-order valence-electron chi connectivity index (χ2n) is 2.40. The van der Waals surface area contributed by atoms with Gasteiger partial charge < -0.3 is 0 Å². The van der Waals surface area contributed by atoms with E-state index in [-0.39, 0.29) is 10.9 Å². The lowest BCUT2D eigenvalue weighted by atomic mass is 10.1. The van der Waals surface area contributed by atoms with E-state index in [2.05, 4.69) is 9.97 Å². The molecule has 3 nitrogen and oxygen atoms in total. The largest absolute Gasteiger partial charge is 0.294 e. The molecule has 4 heteroatoms. The van der Waals surface area contributed by atoms with Crippen LogP contribution in [-0.4, -0.2) is 15.8 Å². The summed E-state index contributed by atoms with van der Waals surface area (Å²) in [5, 5.41) is 0.245. The monoisotopic (exact) mass is 184 g/mol. The average Bonchev–Trinajstić information content (AvgIpc) is 2.03. The molecule has 0 unspecified atom stereocenters. The van der Waals surface area contributed by atoms with Crippen LogP contribution >= 0.6 is 11.6 Å². The molecule has 12 heavy (non-hydrogen) atoms. The number of halogens is 1. The van der Waals surface area contributed by atoms with Crippen molar-refractivity contribution in [2.75, 3.05) is 0 Å². The number of rotatable bonds is 2. The van der Waals surface area contributed by atoms with E-state index in [0.29, 0.717) is 17.7 Å². The third-order valence-corrected chi connectivity index (χ3v) is 1.85. The molecular weight excluding hydrogens is 176 g/mol. The van der Waals surface area contributed by atoms with Crippen LogP contribution in [0.15, 0.2) is 6.33 Å². The van der Waals surface area contributed by atoms with E-state index in [0.717, 1.165) is 0 Å². The molecule has 0 radical (unpaired) electrons. The fourth-order valence-corrected chi connectivity index (χ4v) is 1.30. The lowest BCUT2D eigenvalue weighted by Crippen LogP contribution is -2.03. The number of aromatic nitrogens is 2. The summed E-state index contributed by atoms with van der Waals surface area (Å²) >= 11 is 5.73. The minimum absolute atomic E-state index is 0.0857. The van der Waals surface area contributed by atoms with Crippen LogP contribution in [-0.2, 0) is 6.42 Å². The molecule has 1 aromatic rings. The van der Waals surface area contributed by atoms with E-state index in [1.807, 2.05) is 6.92 Å². The van der Waals surface area contributed by atoms with Gasteiger partial charge in [0, 0.05) is 0 Å². The lowest BCUT2D eigenvalue weighted by molar-refractivity contribution is 0.101. The number of aryl methyl sites for hydroxylation is 1. The average molecular weight is 185 g/mol. The molecule has 0 saturated carbocycles. The second kappa shape index (κ2) is 3.63. The third kappa shape index (κ3) is 1.61. The first kappa shape index (κ1) is 9.13. The predicted octanol–water partition coefficient (Wildman–Crippen LogP) is 1.90. The van der Waals surface area contributed by atoms with Crippen LogP contribution in [0, 0.1) is 0 Å². The third-order valence-electron chi connectivity index (χ3n) is 1.57. The molecule has 0 aliphatic carbocycles. The normalized spacial score (nSPS) is 9.92. The van der Waals surface area contributed by atoms with E-state index >= 15 is 0 Å². The highest BCUT2D eigenvalue weighted by Crippen LogP contribution is 2.15. The van der Waals surface area contributed by atoms with Crippen molar-refractivity contribution in [2.45, 2.75) is 20.3 Å². The minimum Gasteiger partial charge on any atom is -0.294 e. The Balaban J connectivity index is 3.29. The molecule has 0 aromatic carbocycles. The van der Waals surface area contributed by atoms with Gasteiger partial charge in [0.25, 0.3) is 0 Å². The van der Waals surface area contributed by atoms with Gasteiger partial charge in [-0.25, -0.2) is 9.97 Å². The molecule has 1 rings (SSSR count). The molecule has 64 valence electrons. The van der Waals surface area contributed by atoms with Gasteiger partial charge in [-0.15, -0.1) is 0 Å². The Bertz CT molecular complexity index is 312. The summed E-state index contributed by atoms with van der Waals surface area (Å²) in [4.78, 5) is 18.8. The minimum atomic E-state index is -0.0857. The predicted molar refractivity (Wildman–Crippen MR) is 46.4 cm³/mol. The Morgan fingerprint density at radius 2 is 2.25 bits per heavy atom. The van der Waals surface area contributed by atoms with E-state index in [1.165, 1.54) is 13.3 Å². The summed E-state index contributed by atoms with van der Waals surface area (Å²) in [5.41, 5.74) is 1.16. The lowest BCUT2D eigenvalue weighted by Gasteiger charge is -2.03. The standard InChI is InChI=1S/C8H9ClN2O/c1-3-6-7(5(2)12)8(9)11-4-10-6/h4H,3H2,1-2H3. The maximum Gasteiger partial charge on any atom is 0.164 e. The van der Waals surface area contributed by atoms with Gasteiger partial charge in [-0.2, -0.15) is 0 Å². The van der Waals surface area contributed by atoms with Crippen LogP contribution in [0.4, 0.5) is 0 Å². The van der Waals surface area contributed by atoms with Crippen molar-refractivity contribution in [3.63, 3.8) is 0 Å². The molecule has 0 fully saturated rings. The van der Waals surface area contributed by atoms with Crippen LogP contribution in [0.25, 0.3) is 0 Å². The molecule has 0 atom stereocenters. The Labute approximate surface area is 75.8 Å². The van der Waals surface area contributed by atoms with Crippen molar-refractivity contribution < 1.29 is 4.79 Å². The Kier molecular flexibility index (Phi) is 2.76. The number of hydrogen-bond acceptors (Lipinski definition) is 3. The fraction of sp³-hybridized carbons (Fsp3) is 0.375. The van der Waals surface area contributed by atoms with Gasteiger partial charge in [0.05, 0.1) is 11.3 Å². The quantitative estimate of drug-likeness (QED) is 0.521. The van der Waals surface area contributed by atoms with Crippen molar-refractivity contribution in [2.24, 2.45) is 0 Å². The summed E-state index contributed by atoms with van der Waals surface area (Å²) in [6, 6.07) is 0. The molecule has 1 heterocycles. The zero-order chi connectivity index (χ0) is 9.14. The molecule has 1 aromatic heterocycles. The van der Waals surface area contributed by atoms with E-state index < -0.39 is 0 Å². The van der Waals surface area contributed by atoms with E-state index in [4.69, 9.17) is 11.6 Å². The summed E-state index contributed by atoms with van der Waals surface area (Å²) in [7, 11) is 0. The van der Waals surface area contributed by atoms with E-state index in [1.54, 1.807) is 0 Å². The molecule has 0 amide bonds. The summed E-state index contributed by atoms with van der Waals surface area (Å²) < 4.78 is 0. The zero-order valence-electron chi connectivity index (χ0n) is 6.97. The van der Waals surface area contributed by atoms with Crippen LogP contribution in [0.3, 0.4) is 0 Å². The maximum atomic E-state index is 11.1. The van der Waals surface area contributed by atoms with Crippen molar-refractivity contribution >= 4 is 17.4 Å². The van der Waals surface area contributed by atoms with Gasteiger partial charge in [0.2, 0.25) is 0 Å².